The quantitative estimate of drug-likeness (QED) is 0.467. The molecule has 2 atom stereocenters. The van der Waals surface area contributed by atoms with Gasteiger partial charge in [0.05, 0.1) is 24.0 Å². The van der Waals surface area contributed by atoms with Gasteiger partial charge in [-0.15, -0.1) is 0 Å². The van der Waals surface area contributed by atoms with E-state index in [0.717, 1.165) is 15.4 Å². The van der Waals surface area contributed by atoms with Crippen molar-refractivity contribution < 1.29 is 19.4 Å². The third-order valence-electron chi connectivity index (χ3n) is 4.61. The van der Waals surface area contributed by atoms with E-state index < -0.39 is 5.60 Å². The van der Waals surface area contributed by atoms with E-state index in [1.54, 1.807) is 6.92 Å². The first-order chi connectivity index (χ1) is 12.4. The zero-order chi connectivity index (χ0) is 18.7. The van der Waals surface area contributed by atoms with Crippen molar-refractivity contribution in [2.24, 2.45) is 5.16 Å². The van der Waals surface area contributed by atoms with Crippen LogP contribution in [-0.4, -0.2) is 28.7 Å². The summed E-state index contributed by atoms with van der Waals surface area (Å²) in [7, 11) is 0. The number of benzene rings is 2. The summed E-state index contributed by atoms with van der Waals surface area (Å²) in [5.74, 6) is -0.363. The van der Waals surface area contributed by atoms with E-state index in [9.17, 15) is 9.50 Å². The molecule has 0 amide bonds. The highest BCUT2D eigenvalue weighted by molar-refractivity contribution is 7.99. The predicted molar refractivity (Wildman–Crippen MR) is 99.5 cm³/mol. The van der Waals surface area contributed by atoms with Crippen molar-refractivity contribution in [1.82, 2.24) is 0 Å². The van der Waals surface area contributed by atoms with Crippen molar-refractivity contribution in [3.05, 3.63) is 59.4 Å². The molecule has 1 fully saturated rings. The lowest BCUT2D eigenvalue weighted by molar-refractivity contribution is -0.101. The van der Waals surface area contributed by atoms with E-state index in [1.165, 1.54) is 23.9 Å². The molecule has 138 valence electrons. The van der Waals surface area contributed by atoms with Crippen molar-refractivity contribution in [2.45, 2.75) is 48.2 Å². The number of halogens is 1. The molecule has 1 saturated heterocycles. The second-order valence-electron chi connectivity index (χ2n) is 6.65. The Morgan fingerprint density at radius 2 is 1.96 bits per heavy atom. The summed E-state index contributed by atoms with van der Waals surface area (Å²) in [6.45, 7) is 4.10. The molecular weight excluding hydrogens is 353 g/mol. The average molecular weight is 375 g/mol. The van der Waals surface area contributed by atoms with Crippen molar-refractivity contribution in [1.29, 1.82) is 0 Å². The lowest BCUT2D eigenvalue weighted by Crippen LogP contribution is -2.37. The SMILES string of the molecule is CC(=NO)c1ccc(Sc2cc(F)cc([C@@]3(O)CCO[C@@H](C)C3)c2)cc1. The Balaban J connectivity index is 1.84. The number of rotatable bonds is 4. The van der Waals surface area contributed by atoms with Crippen molar-refractivity contribution in [2.75, 3.05) is 6.61 Å². The fourth-order valence-electron chi connectivity index (χ4n) is 3.18. The summed E-state index contributed by atoms with van der Waals surface area (Å²) in [6.07, 6.45) is 0.853. The van der Waals surface area contributed by atoms with E-state index in [0.29, 0.717) is 30.7 Å². The molecule has 1 heterocycles. The maximum Gasteiger partial charge on any atom is 0.124 e. The van der Waals surface area contributed by atoms with E-state index in [-0.39, 0.29) is 11.9 Å². The van der Waals surface area contributed by atoms with Gasteiger partial charge >= 0.3 is 0 Å². The largest absolute Gasteiger partial charge is 0.411 e. The third-order valence-corrected chi connectivity index (χ3v) is 5.59. The van der Waals surface area contributed by atoms with E-state index in [2.05, 4.69) is 5.16 Å². The number of ether oxygens (including phenoxy) is 1. The third kappa shape index (κ3) is 4.26. The summed E-state index contributed by atoms with van der Waals surface area (Å²) >= 11 is 1.42. The first kappa shape index (κ1) is 18.9. The summed E-state index contributed by atoms with van der Waals surface area (Å²) in [5.41, 5.74) is 0.885. The zero-order valence-corrected chi connectivity index (χ0v) is 15.6. The van der Waals surface area contributed by atoms with Crippen LogP contribution < -0.4 is 0 Å². The molecule has 1 aliphatic rings. The normalized spacial score (nSPS) is 23.8. The first-order valence-electron chi connectivity index (χ1n) is 8.51. The lowest BCUT2D eigenvalue weighted by atomic mass is 9.84. The van der Waals surface area contributed by atoms with Crippen molar-refractivity contribution in [3.8, 4) is 0 Å². The van der Waals surface area contributed by atoms with Gasteiger partial charge in [-0.25, -0.2) is 4.39 Å². The van der Waals surface area contributed by atoms with Gasteiger partial charge in [0.25, 0.3) is 0 Å². The molecule has 0 aromatic heterocycles. The average Bonchev–Trinajstić information content (AvgIpc) is 2.61. The van der Waals surface area contributed by atoms with Crippen LogP contribution in [0.5, 0.6) is 0 Å². The number of nitrogens with zero attached hydrogens (tertiary/aromatic N) is 1. The van der Waals surface area contributed by atoms with Gasteiger partial charge in [-0.05, 0) is 55.3 Å². The van der Waals surface area contributed by atoms with Crippen LogP contribution in [-0.2, 0) is 10.3 Å². The monoisotopic (exact) mass is 375 g/mol. The number of hydrogen-bond acceptors (Lipinski definition) is 5. The van der Waals surface area contributed by atoms with Crippen LogP contribution in [0.15, 0.2) is 57.4 Å². The molecule has 0 unspecified atom stereocenters. The highest BCUT2D eigenvalue weighted by Crippen LogP contribution is 2.38. The maximum atomic E-state index is 14.2. The molecule has 0 radical (unpaired) electrons. The lowest BCUT2D eigenvalue weighted by Gasteiger charge is -2.36. The van der Waals surface area contributed by atoms with E-state index in [4.69, 9.17) is 9.94 Å². The Morgan fingerprint density at radius 3 is 2.62 bits per heavy atom. The van der Waals surface area contributed by atoms with Crippen molar-refractivity contribution in [3.63, 3.8) is 0 Å². The van der Waals surface area contributed by atoms with Crippen LogP contribution in [0, 0.1) is 5.82 Å². The second-order valence-corrected chi connectivity index (χ2v) is 7.80. The van der Waals surface area contributed by atoms with Crippen molar-refractivity contribution >= 4 is 17.5 Å². The molecule has 3 rings (SSSR count). The van der Waals surface area contributed by atoms with Gasteiger partial charge in [0.2, 0.25) is 0 Å². The standard InChI is InChI=1S/C20H22FNO3S/c1-13-12-20(23,7-8-25-13)16-9-17(21)11-19(10-16)26-18-5-3-15(4-6-18)14(2)22-24/h3-6,9-11,13,23-24H,7-8,12H2,1-2H3/t13-,20+/m0/s1. The zero-order valence-electron chi connectivity index (χ0n) is 14.8. The highest BCUT2D eigenvalue weighted by atomic mass is 32.2. The number of oxime groups is 1. The Morgan fingerprint density at radius 1 is 1.23 bits per heavy atom. The van der Waals surface area contributed by atoms with E-state index >= 15 is 0 Å². The van der Waals surface area contributed by atoms with Gasteiger partial charge in [-0.1, -0.05) is 29.1 Å². The van der Waals surface area contributed by atoms with Crippen LogP contribution in [0.25, 0.3) is 0 Å². The Labute approximate surface area is 156 Å². The van der Waals surface area contributed by atoms with Crippen LogP contribution in [0.4, 0.5) is 4.39 Å². The van der Waals surface area contributed by atoms with Crippen LogP contribution in [0.2, 0.25) is 0 Å². The van der Waals surface area contributed by atoms with Gasteiger partial charge < -0.3 is 15.1 Å². The predicted octanol–water partition coefficient (Wildman–Crippen LogP) is 4.56. The van der Waals surface area contributed by atoms with Gasteiger partial charge in [0.1, 0.15) is 5.82 Å². The molecule has 6 heteroatoms. The van der Waals surface area contributed by atoms with E-state index in [1.807, 2.05) is 37.3 Å². The molecule has 0 spiro atoms. The Hall–Kier alpha value is -1.89. The number of aliphatic hydroxyl groups is 1. The molecule has 2 N–H and O–H groups in total. The molecule has 0 saturated carbocycles. The van der Waals surface area contributed by atoms with Gasteiger partial charge in [-0.3, -0.25) is 0 Å². The van der Waals surface area contributed by atoms with Gasteiger partial charge in [-0.2, -0.15) is 0 Å². The minimum Gasteiger partial charge on any atom is -0.411 e. The van der Waals surface area contributed by atoms with Gasteiger partial charge in [0.15, 0.2) is 0 Å². The molecule has 0 aliphatic carbocycles. The molecule has 4 nitrogen and oxygen atoms in total. The van der Waals surface area contributed by atoms with Crippen LogP contribution in [0.1, 0.15) is 37.8 Å². The first-order valence-corrected chi connectivity index (χ1v) is 9.33. The summed E-state index contributed by atoms with van der Waals surface area (Å²) in [5, 5.41) is 23.0. The summed E-state index contributed by atoms with van der Waals surface area (Å²) in [6, 6.07) is 12.2. The number of hydrogen-bond donors (Lipinski definition) is 2. The molecule has 2 aromatic carbocycles. The minimum atomic E-state index is -1.06. The maximum absolute atomic E-state index is 14.2. The molecule has 1 aliphatic heterocycles. The minimum absolute atomic E-state index is 0.0582. The Bertz CT molecular complexity index is 809. The smallest absolute Gasteiger partial charge is 0.124 e. The topological polar surface area (TPSA) is 62.1 Å². The molecule has 0 bridgehead atoms. The van der Waals surface area contributed by atoms with Gasteiger partial charge in [0, 0.05) is 22.6 Å². The molecular formula is C20H22FNO3S. The second kappa shape index (κ2) is 7.78. The summed E-state index contributed by atoms with van der Waals surface area (Å²) in [4.78, 5) is 1.66. The fraction of sp³-hybridized carbons (Fsp3) is 0.350. The Kier molecular flexibility index (Phi) is 5.65. The van der Waals surface area contributed by atoms with Crippen LogP contribution in [0.3, 0.4) is 0 Å². The summed E-state index contributed by atoms with van der Waals surface area (Å²) < 4.78 is 19.7. The van der Waals surface area contributed by atoms with Crippen LogP contribution >= 0.6 is 11.8 Å². The fourth-order valence-corrected chi connectivity index (χ4v) is 4.08. The molecule has 2 aromatic rings. The highest BCUT2D eigenvalue weighted by Gasteiger charge is 2.35. The molecule has 26 heavy (non-hydrogen) atoms.